The van der Waals surface area contributed by atoms with Gasteiger partial charge in [0.25, 0.3) is 0 Å². The Hall–Kier alpha value is -0.610. The maximum absolute atomic E-state index is 5.81. The van der Waals surface area contributed by atoms with E-state index in [9.17, 15) is 0 Å². The zero-order valence-corrected chi connectivity index (χ0v) is 10.8. The number of hydrogen-bond acceptors (Lipinski definition) is 3. The normalized spacial score (nSPS) is 11.5. The average Bonchev–Trinajstić information content (AvgIpc) is 2.29. The number of aromatic nitrogens is 1. The van der Waals surface area contributed by atoms with Gasteiger partial charge in [0.1, 0.15) is 5.82 Å². The Bertz CT molecular complexity index is 285. The van der Waals surface area contributed by atoms with Gasteiger partial charge in [0.15, 0.2) is 0 Å². The Balaban J connectivity index is 2.78. The van der Waals surface area contributed by atoms with Gasteiger partial charge in [-0.2, -0.15) is 0 Å². The van der Waals surface area contributed by atoms with E-state index in [0.717, 1.165) is 23.1 Å². The van der Waals surface area contributed by atoms with Gasteiger partial charge < -0.3 is 11.1 Å². The molecule has 0 aromatic carbocycles. The fourth-order valence-electron chi connectivity index (χ4n) is 1.49. The number of nitrogens with two attached hydrogens (primary N) is 1. The molecule has 1 aromatic rings. The van der Waals surface area contributed by atoms with Gasteiger partial charge in [-0.1, -0.05) is 13.8 Å². The van der Waals surface area contributed by atoms with Crippen LogP contribution in [0.5, 0.6) is 0 Å². The molecule has 0 fully saturated rings. The molecule has 3 nitrogen and oxygen atoms in total. The van der Waals surface area contributed by atoms with Crippen LogP contribution in [0.2, 0.25) is 0 Å². The lowest BCUT2D eigenvalue weighted by Gasteiger charge is -2.32. The molecule has 0 radical (unpaired) electrons. The molecule has 0 atom stereocenters. The Morgan fingerprint density at radius 3 is 2.47 bits per heavy atom. The van der Waals surface area contributed by atoms with Crippen LogP contribution in [0.25, 0.3) is 0 Å². The highest BCUT2D eigenvalue weighted by Crippen LogP contribution is 2.20. The summed E-state index contributed by atoms with van der Waals surface area (Å²) >= 11 is 3.36. The smallest absolute Gasteiger partial charge is 0.126 e. The van der Waals surface area contributed by atoms with Crippen molar-refractivity contribution in [3.05, 3.63) is 22.8 Å². The Morgan fingerprint density at radius 2 is 2.07 bits per heavy atom. The number of nitrogens with zero attached hydrogens (tertiary/aromatic N) is 1. The molecule has 84 valence electrons. The molecule has 0 aliphatic carbocycles. The van der Waals surface area contributed by atoms with Crippen molar-refractivity contribution in [1.82, 2.24) is 4.98 Å². The predicted molar refractivity (Wildman–Crippen MR) is 67.9 cm³/mol. The zero-order chi connectivity index (χ0) is 11.3. The van der Waals surface area contributed by atoms with Crippen LogP contribution >= 0.6 is 15.9 Å². The van der Waals surface area contributed by atoms with E-state index in [2.05, 4.69) is 40.1 Å². The standard InChI is InChI=1S/C11H18BrN3/c1-3-11(4-2,8-13)15-10-6-5-9(12)7-14-10/h5-7H,3-4,8,13H2,1-2H3,(H,14,15). The van der Waals surface area contributed by atoms with Gasteiger partial charge in [-0.25, -0.2) is 4.98 Å². The summed E-state index contributed by atoms with van der Waals surface area (Å²) in [4.78, 5) is 4.29. The SMILES string of the molecule is CCC(CC)(CN)Nc1ccc(Br)cn1. The first-order valence-electron chi connectivity index (χ1n) is 5.25. The van der Waals surface area contributed by atoms with E-state index in [0.29, 0.717) is 6.54 Å². The molecular weight excluding hydrogens is 254 g/mol. The summed E-state index contributed by atoms with van der Waals surface area (Å²) in [7, 11) is 0. The maximum Gasteiger partial charge on any atom is 0.126 e. The molecule has 4 heteroatoms. The monoisotopic (exact) mass is 271 g/mol. The molecule has 0 unspecified atom stereocenters. The number of pyridine rings is 1. The second-order valence-corrected chi connectivity index (χ2v) is 4.59. The first-order chi connectivity index (χ1) is 7.15. The van der Waals surface area contributed by atoms with Crippen LogP contribution in [0.1, 0.15) is 26.7 Å². The molecule has 1 rings (SSSR count). The second kappa shape index (κ2) is 5.47. The molecule has 0 saturated carbocycles. The van der Waals surface area contributed by atoms with Gasteiger partial charge in [0, 0.05) is 17.2 Å². The van der Waals surface area contributed by atoms with Crippen LogP contribution in [-0.4, -0.2) is 17.1 Å². The fraction of sp³-hybridized carbons (Fsp3) is 0.545. The number of hydrogen-bond donors (Lipinski definition) is 2. The summed E-state index contributed by atoms with van der Waals surface area (Å²) in [6, 6.07) is 3.93. The Kier molecular flexibility index (Phi) is 4.54. The first-order valence-corrected chi connectivity index (χ1v) is 6.05. The molecule has 0 saturated heterocycles. The summed E-state index contributed by atoms with van der Waals surface area (Å²) in [5.41, 5.74) is 5.78. The van der Waals surface area contributed by atoms with Crippen molar-refractivity contribution in [1.29, 1.82) is 0 Å². The van der Waals surface area contributed by atoms with Crippen molar-refractivity contribution >= 4 is 21.7 Å². The van der Waals surface area contributed by atoms with Crippen molar-refractivity contribution in [3.8, 4) is 0 Å². The lowest BCUT2D eigenvalue weighted by atomic mass is 9.93. The van der Waals surface area contributed by atoms with E-state index in [1.807, 2.05) is 12.1 Å². The molecule has 0 bridgehead atoms. The number of nitrogens with one attached hydrogen (secondary N) is 1. The van der Waals surface area contributed by atoms with E-state index < -0.39 is 0 Å². The first kappa shape index (κ1) is 12.5. The molecule has 0 aliphatic heterocycles. The quantitative estimate of drug-likeness (QED) is 0.866. The van der Waals surface area contributed by atoms with Crippen molar-refractivity contribution in [2.75, 3.05) is 11.9 Å². The lowest BCUT2D eigenvalue weighted by molar-refractivity contribution is 0.444. The second-order valence-electron chi connectivity index (χ2n) is 3.68. The summed E-state index contributed by atoms with van der Waals surface area (Å²) in [6.45, 7) is 4.90. The number of halogens is 1. The van der Waals surface area contributed by atoms with E-state index in [1.54, 1.807) is 6.20 Å². The molecule has 0 amide bonds. The van der Waals surface area contributed by atoms with Gasteiger partial charge in [0.2, 0.25) is 0 Å². The lowest BCUT2D eigenvalue weighted by Crippen LogP contribution is -2.44. The van der Waals surface area contributed by atoms with Gasteiger partial charge in [-0.3, -0.25) is 0 Å². The predicted octanol–water partition coefficient (Wildman–Crippen LogP) is 2.77. The minimum atomic E-state index is -0.0270. The van der Waals surface area contributed by atoms with Crippen molar-refractivity contribution in [3.63, 3.8) is 0 Å². The van der Waals surface area contributed by atoms with Crippen LogP contribution in [0.3, 0.4) is 0 Å². The Morgan fingerprint density at radius 1 is 1.40 bits per heavy atom. The number of anilines is 1. The van der Waals surface area contributed by atoms with Crippen LogP contribution in [-0.2, 0) is 0 Å². The van der Waals surface area contributed by atoms with Crippen molar-refractivity contribution in [2.45, 2.75) is 32.2 Å². The third-order valence-electron chi connectivity index (χ3n) is 2.86. The zero-order valence-electron chi connectivity index (χ0n) is 9.26. The molecule has 15 heavy (non-hydrogen) atoms. The third-order valence-corrected chi connectivity index (χ3v) is 3.33. The highest BCUT2D eigenvalue weighted by molar-refractivity contribution is 9.10. The molecule has 0 aliphatic rings. The van der Waals surface area contributed by atoms with E-state index in [-0.39, 0.29) is 5.54 Å². The average molecular weight is 272 g/mol. The van der Waals surface area contributed by atoms with Crippen molar-refractivity contribution in [2.24, 2.45) is 5.73 Å². The van der Waals surface area contributed by atoms with Gasteiger partial charge in [-0.15, -0.1) is 0 Å². The summed E-state index contributed by atoms with van der Waals surface area (Å²) in [5.74, 6) is 0.882. The van der Waals surface area contributed by atoms with Gasteiger partial charge in [0.05, 0.1) is 5.54 Å². The third kappa shape index (κ3) is 3.18. The number of rotatable bonds is 5. The maximum atomic E-state index is 5.81. The minimum absolute atomic E-state index is 0.0270. The van der Waals surface area contributed by atoms with E-state index >= 15 is 0 Å². The molecule has 3 N–H and O–H groups in total. The topological polar surface area (TPSA) is 50.9 Å². The highest BCUT2D eigenvalue weighted by Gasteiger charge is 2.23. The highest BCUT2D eigenvalue weighted by atomic mass is 79.9. The minimum Gasteiger partial charge on any atom is -0.363 e. The van der Waals surface area contributed by atoms with Gasteiger partial charge in [-0.05, 0) is 40.9 Å². The van der Waals surface area contributed by atoms with E-state index in [1.165, 1.54) is 0 Å². The Labute approximate surface area is 99.6 Å². The molecule has 0 spiro atoms. The molecule has 1 heterocycles. The van der Waals surface area contributed by atoms with Crippen LogP contribution in [0.4, 0.5) is 5.82 Å². The summed E-state index contributed by atoms with van der Waals surface area (Å²) in [6.07, 6.45) is 3.78. The fourth-order valence-corrected chi connectivity index (χ4v) is 1.72. The largest absolute Gasteiger partial charge is 0.363 e. The summed E-state index contributed by atoms with van der Waals surface area (Å²) < 4.78 is 0.986. The molecule has 1 aromatic heterocycles. The van der Waals surface area contributed by atoms with Crippen LogP contribution in [0, 0.1) is 0 Å². The van der Waals surface area contributed by atoms with Gasteiger partial charge >= 0.3 is 0 Å². The van der Waals surface area contributed by atoms with E-state index in [4.69, 9.17) is 5.73 Å². The van der Waals surface area contributed by atoms with Crippen LogP contribution in [0.15, 0.2) is 22.8 Å². The van der Waals surface area contributed by atoms with Crippen molar-refractivity contribution < 1.29 is 0 Å². The summed E-state index contributed by atoms with van der Waals surface area (Å²) in [5, 5.41) is 3.41. The molecular formula is C11H18BrN3. The van der Waals surface area contributed by atoms with Crippen LogP contribution < -0.4 is 11.1 Å².